The summed E-state index contributed by atoms with van der Waals surface area (Å²) in [5, 5.41) is 5.77. The van der Waals surface area contributed by atoms with E-state index in [9.17, 15) is 0 Å². The molecule has 5 rings (SSSR count). The molecule has 3 aromatic heterocycles. The minimum atomic E-state index is 0.262. The van der Waals surface area contributed by atoms with Crippen LogP contribution in [0.4, 0.5) is 5.82 Å². The fourth-order valence-electron chi connectivity index (χ4n) is 3.57. The zero-order valence-electron chi connectivity index (χ0n) is 18.0. The fraction of sp³-hybridized carbons (Fsp3) is 0.120. The van der Waals surface area contributed by atoms with E-state index in [-0.39, 0.29) is 5.82 Å². The van der Waals surface area contributed by atoms with E-state index < -0.39 is 0 Å². The Morgan fingerprint density at radius 3 is 2.55 bits per heavy atom. The summed E-state index contributed by atoms with van der Waals surface area (Å²) in [5.41, 5.74) is 9.89. The van der Waals surface area contributed by atoms with Gasteiger partial charge in [0.25, 0.3) is 0 Å². The van der Waals surface area contributed by atoms with Crippen molar-refractivity contribution >= 4 is 16.7 Å². The predicted molar refractivity (Wildman–Crippen MR) is 126 cm³/mol. The van der Waals surface area contributed by atoms with Gasteiger partial charge in [0.15, 0.2) is 17.4 Å². The van der Waals surface area contributed by atoms with Crippen LogP contribution in [0.1, 0.15) is 11.1 Å². The molecule has 8 nitrogen and oxygen atoms in total. The molecule has 0 saturated heterocycles. The van der Waals surface area contributed by atoms with E-state index >= 15 is 0 Å². The van der Waals surface area contributed by atoms with Gasteiger partial charge in [-0.15, -0.1) is 0 Å². The summed E-state index contributed by atoms with van der Waals surface area (Å²) in [6.45, 7) is 0.937. The lowest BCUT2D eigenvalue weighted by Crippen LogP contribution is -2.04. The molecule has 0 aliphatic carbocycles. The Bertz CT molecular complexity index is 1380. The second-order valence-electron chi connectivity index (χ2n) is 7.46. The Kier molecular flexibility index (Phi) is 5.55. The number of ether oxygens (including phenoxy) is 2. The van der Waals surface area contributed by atoms with Crippen LogP contribution < -0.4 is 15.2 Å². The van der Waals surface area contributed by atoms with Crippen molar-refractivity contribution in [1.29, 1.82) is 0 Å². The quantitative estimate of drug-likeness (QED) is 0.408. The van der Waals surface area contributed by atoms with Crippen molar-refractivity contribution in [2.75, 3.05) is 12.8 Å². The third-order valence-electron chi connectivity index (χ3n) is 5.26. The second kappa shape index (κ2) is 8.96. The van der Waals surface area contributed by atoms with Crippen LogP contribution in [0.25, 0.3) is 22.4 Å². The number of anilines is 1. The van der Waals surface area contributed by atoms with E-state index in [0.29, 0.717) is 30.4 Å². The third kappa shape index (κ3) is 4.31. The molecular weight excluding hydrogens is 416 g/mol. The molecule has 8 heteroatoms. The molecule has 0 bridgehead atoms. The molecule has 164 valence electrons. The van der Waals surface area contributed by atoms with Gasteiger partial charge in [-0.25, -0.2) is 9.97 Å². The van der Waals surface area contributed by atoms with Crippen molar-refractivity contribution < 1.29 is 9.47 Å². The van der Waals surface area contributed by atoms with Gasteiger partial charge in [-0.1, -0.05) is 36.4 Å². The van der Waals surface area contributed by atoms with Crippen LogP contribution in [0.15, 0.2) is 79.3 Å². The first-order valence-corrected chi connectivity index (χ1v) is 10.4. The van der Waals surface area contributed by atoms with Crippen LogP contribution in [0.3, 0.4) is 0 Å². The van der Waals surface area contributed by atoms with Crippen molar-refractivity contribution in [2.24, 2.45) is 0 Å². The van der Waals surface area contributed by atoms with Gasteiger partial charge in [0.05, 0.1) is 25.4 Å². The Labute approximate surface area is 190 Å². The molecule has 0 saturated carbocycles. The first-order valence-electron chi connectivity index (χ1n) is 10.4. The molecule has 2 N–H and O–H groups in total. The molecule has 0 amide bonds. The molecule has 0 spiro atoms. The van der Waals surface area contributed by atoms with Crippen molar-refractivity contribution in [2.45, 2.75) is 13.2 Å². The summed E-state index contributed by atoms with van der Waals surface area (Å²) in [6, 6.07) is 19.7. The molecule has 5 aromatic rings. The number of methoxy groups -OCH3 is 1. The maximum Gasteiger partial charge on any atom is 0.182 e. The van der Waals surface area contributed by atoms with E-state index in [1.54, 1.807) is 25.7 Å². The molecule has 0 aliphatic heterocycles. The Morgan fingerprint density at radius 1 is 0.939 bits per heavy atom. The maximum atomic E-state index is 6.19. The molecule has 0 unspecified atom stereocenters. The number of pyridine rings is 1. The van der Waals surface area contributed by atoms with Crippen molar-refractivity contribution in [3.63, 3.8) is 0 Å². The maximum absolute atomic E-state index is 6.19. The lowest BCUT2D eigenvalue weighted by Gasteiger charge is -2.08. The standard InChI is InChI=1S/C25H22N6O2/c1-32-19-10-8-17(9-11-19)15-31-21-7-3-2-6-20(21)23(30-31)25-28-14-22(24(26)29-25)33-16-18-5-4-12-27-13-18/h2-14H,15-16H2,1H3,(H2,26,28,29). The monoisotopic (exact) mass is 438 g/mol. The number of fused-ring (bicyclic) bond motifs is 1. The molecule has 33 heavy (non-hydrogen) atoms. The zero-order chi connectivity index (χ0) is 22.6. The first-order chi connectivity index (χ1) is 16.2. The molecule has 0 aliphatic rings. The Balaban J connectivity index is 1.43. The molecular formula is C25H22N6O2. The van der Waals surface area contributed by atoms with Crippen LogP contribution >= 0.6 is 0 Å². The molecule has 0 radical (unpaired) electrons. The summed E-state index contributed by atoms with van der Waals surface area (Å²) in [7, 11) is 1.66. The number of para-hydroxylation sites is 1. The number of hydrogen-bond acceptors (Lipinski definition) is 7. The lowest BCUT2D eigenvalue weighted by atomic mass is 10.2. The van der Waals surface area contributed by atoms with Crippen LogP contribution in [-0.4, -0.2) is 31.8 Å². The average Bonchev–Trinajstić information content (AvgIpc) is 3.23. The summed E-state index contributed by atoms with van der Waals surface area (Å²) >= 11 is 0. The molecule has 0 atom stereocenters. The summed E-state index contributed by atoms with van der Waals surface area (Å²) < 4.78 is 13.0. The Morgan fingerprint density at radius 2 is 1.79 bits per heavy atom. The van der Waals surface area contributed by atoms with E-state index in [4.69, 9.17) is 20.3 Å². The molecule has 3 heterocycles. The van der Waals surface area contributed by atoms with Crippen LogP contribution in [-0.2, 0) is 13.2 Å². The minimum Gasteiger partial charge on any atom is -0.497 e. The number of rotatable bonds is 7. The van der Waals surface area contributed by atoms with Crippen LogP contribution in [0, 0.1) is 0 Å². The highest BCUT2D eigenvalue weighted by Crippen LogP contribution is 2.29. The van der Waals surface area contributed by atoms with Crippen molar-refractivity contribution in [3.8, 4) is 23.0 Å². The number of nitrogens with two attached hydrogens (primary N) is 1. The van der Waals surface area contributed by atoms with Crippen molar-refractivity contribution in [1.82, 2.24) is 24.7 Å². The SMILES string of the molecule is COc1ccc(Cn2nc(-c3ncc(OCc4cccnc4)c(N)n3)c3ccccc32)cc1. The zero-order valence-corrected chi connectivity index (χ0v) is 18.0. The average molecular weight is 438 g/mol. The second-order valence-corrected chi connectivity index (χ2v) is 7.46. The van der Waals surface area contributed by atoms with Gasteiger partial charge in [-0.2, -0.15) is 5.10 Å². The summed E-state index contributed by atoms with van der Waals surface area (Å²) in [4.78, 5) is 13.1. The smallest absolute Gasteiger partial charge is 0.182 e. The molecule has 2 aromatic carbocycles. The predicted octanol–water partition coefficient (Wildman–Crippen LogP) is 4.11. The topological polar surface area (TPSA) is 101 Å². The van der Waals surface area contributed by atoms with Gasteiger partial charge in [-0.05, 0) is 29.8 Å². The van der Waals surface area contributed by atoms with Gasteiger partial charge in [0, 0.05) is 23.3 Å². The number of benzene rings is 2. The van der Waals surface area contributed by atoms with E-state index in [0.717, 1.165) is 27.8 Å². The lowest BCUT2D eigenvalue weighted by molar-refractivity contribution is 0.305. The summed E-state index contributed by atoms with van der Waals surface area (Å²) in [6.07, 6.45) is 5.05. The highest BCUT2D eigenvalue weighted by atomic mass is 16.5. The Hall–Kier alpha value is -4.46. The number of nitrogens with zero attached hydrogens (tertiary/aromatic N) is 5. The van der Waals surface area contributed by atoms with Crippen LogP contribution in [0.5, 0.6) is 11.5 Å². The summed E-state index contributed by atoms with van der Waals surface area (Å²) in [5.74, 6) is 1.95. The largest absolute Gasteiger partial charge is 0.497 e. The van der Waals surface area contributed by atoms with Gasteiger partial charge in [0.2, 0.25) is 0 Å². The van der Waals surface area contributed by atoms with Gasteiger partial charge in [-0.3, -0.25) is 9.67 Å². The van der Waals surface area contributed by atoms with Crippen molar-refractivity contribution in [3.05, 3.63) is 90.4 Å². The normalized spacial score (nSPS) is 10.9. The highest BCUT2D eigenvalue weighted by molar-refractivity contribution is 5.91. The highest BCUT2D eigenvalue weighted by Gasteiger charge is 2.16. The van der Waals surface area contributed by atoms with E-state index in [2.05, 4.69) is 15.0 Å². The van der Waals surface area contributed by atoms with E-state index in [1.165, 1.54) is 0 Å². The fourth-order valence-corrected chi connectivity index (χ4v) is 3.57. The van der Waals surface area contributed by atoms with Gasteiger partial charge >= 0.3 is 0 Å². The van der Waals surface area contributed by atoms with Gasteiger partial charge < -0.3 is 15.2 Å². The number of hydrogen-bond donors (Lipinski definition) is 1. The minimum absolute atomic E-state index is 0.262. The third-order valence-corrected chi connectivity index (χ3v) is 5.26. The number of aromatic nitrogens is 5. The first kappa shape index (κ1) is 20.4. The van der Waals surface area contributed by atoms with Gasteiger partial charge in [0.1, 0.15) is 18.1 Å². The van der Waals surface area contributed by atoms with E-state index in [1.807, 2.05) is 65.3 Å². The molecule has 0 fully saturated rings. The van der Waals surface area contributed by atoms with Crippen LogP contribution in [0.2, 0.25) is 0 Å². The number of nitrogen functional groups attached to an aromatic ring is 1.